The van der Waals surface area contributed by atoms with Crippen LogP contribution >= 0.6 is 0 Å². The number of para-hydroxylation sites is 1. The molecule has 2 aromatic heterocycles. The molecule has 0 bridgehead atoms. The fraction of sp³-hybridized carbons (Fsp3) is 0.368. The molecule has 2 aliphatic heterocycles. The first-order valence-corrected chi connectivity index (χ1v) is 8.99. The van der Waals surface area contributed by atoms with Gasteiger partial charge >= 0.3 is 0 Å². The fourth-order valence-corrected chi connectivity index (χ4v) is 4.14. The molecule has 0 saturated carbocycles. The number of nitrogens with zero attached hydrogens (tertiary/aromatic N) is 6. The van der Waals surface area contributed by atoms with Crippen LogP contribution in [0, 0.1) is 5.92 Å². The molecular weight excluding hydrogens is 328 g/mol. The van der Waals surface area contributed by atoms with Crippen LogP contribution in [0.5, 0.6) is 0 Å². The standard InChI is InChI=1S/C19H20N6O/c1-23-17-15(10-22-23)18(21-12-20-17)24-8-6-14(11-24)19(26)25-9-7-13-4-2-3-5-16(13)25/h2-5,10,12,14H,6-9,11H2,1H3. The number of hydrogen-bond acceptors (Lipinski definition) is 5. The molecule has 0 N–H and O–H groups in total. The number of anilines is 2. The van der Waals surface area contributed by atoms with Crippen molar-refractivity contribution in [1.29, 1.82) is 0 Å². The molecule has 3 aromatic rings. The number of fused-ring (bicyclic) bond motifs is 2. The number of carbonyl (C=O) groups excluding carboxylic acids is 1. The molecule has 1 amide bonds. The highest BCUT2D eigenvalue weighted by atomic mass is 16.2. The minimum Gasteiger partial charge on any atom is -0.355 e. The van der Waals surface area contributed by atoms with Gasteiger partial charge in [0.25, 0.3) is 0 Å². The third-order valence-electron chi connectivity index (χ3n) is 5.50. The third kappa shape index (κ3) is 2.27. The van der Waals surface area contributed by atoms with Crippen LogP contribution in [0.4, 0.5) is 11.5 Å². The zero-order valence-electron chi connectivity index (χ0n) is 14.7. The van der Waals surface area contributed by atoms with Crippen molar-refractivity contribution in [3.8, 4) is 0 Å². The summed E-state index contributed by atoms with van der Waals surface area (Å²) in [6.45, 7) is 2.31. The average Bonchev–Trinajstić information content (AvgIpc) is 3.39. The molecular formula is C19H20N6O. The first-order chi connectivity index (χ1) is 12.7. The highest BCUT2D eigenvalue weighted by molar-refractivity contribution is 5.98. The van der Waals surface area contributed by atoms with Gasteiger partial charge in [0.2, 0.25) is 5.91 Å². The summed E-state index contributed by atoms with van der Waals surface area (Å²) < 4.78 is 1.75. The molecule has 0 aliphatic carbocycles. The summed E-state index contributed by atoms with van der Waals surface area (Å²) in [5.74, 6) is 1.11. The second kappa shape index (κ2) is 5.79. The molecule has 1 unspecified atom stereocenters. The molecule has 1 atom stereocenters. The molecule has 1 aromatic carbocycles. The summed E-state index contributed by atoms with van der Waals surface area (Å²) in [5.41, 5.74) is 3.16. The van der Waals surface area contributed by atoms with Crippen LogP contribution < -0.4 is 9.80 Å². The van der Waals surface area contributed by atoms with Crippen LogP contribution in [-0.2, 0) is 18.3 Å². The zero-order chi connectivity index (χ0) is 17.7. The molecule has 1 fully saturated rings. The average molecular weight is 348 g/mol. The lowest BCUT2D eigenvalue weighted by Crippen LogP contribution is -2.36. The van der Waals surface area contributed by atoms with Crippen molar-refractivity contribution in [3.63, 3.8) is 0 Å². The molecule has 2 aliphatic rings. The number of aromatic nitrogens is 4. The Kier molecular flexibility index (Phi) is 3.41. The topological polar surface area (TPSA) is 67.2 Å². The van der Waals surface area contributed by atoms with Gasteiger partial charge in [0.15, 0.2) is 5.65 Å². The van der Waals surface area contributed by atoms with E-state index in [0.29, 0.717) is 6.54 Å². The summed E-state index contributed by atoms with van der Waals surface area (Å²) in [6.07, 6.45) is 5.17. The maximum Gasteiger partial charge on any atom is 0.231 e. The predicted molar refractivity (Wildman–Crippen MR) is 99.1 cm³/mol. The maximum atomic E-state index is 13.1. The lowest BCUT2D eigenvalue weighted by atomic mass is 10.1. The highest BCUT2D eigenvalue weighted by Gasteiger charge is 2.35. The lowest BCUT2D eigenvalue weighted by Gasteiger charge is -2.22. The first kappa shape index (κ1) is 15.3. The maximum absolute atomic E-state index is 13.1. The Hall–Kier alpha value is -2.96. The largest absolute Gasteiger partial charge is 0.355 e. The number of rotatable bonds is 2. The molecule has 7 heteroatoms. The van der Waals surface area contributed by atoms with E-state index < -0.39 is 0 Å². The van der Waals surface area contributed by atoms with E-state index in [4.69, 9.17) is 0 Å². The smallest absolute Gasteiger partial charge is 0.231 e. The van der Waals surface area contributed by atoms with E-state index in [9.17, 15) is 4.79 Å². The van der Waals surface area contributed by atoms with E-state index in [1.807, 2.05) is 24.1 Å². The van der Waals surface area contributed by atoms with Crippen LogP contribution in [0.25, 0.3) is 11.0 Å². The molecule has 4 heterocycles. The van der Waals surface area contributed by atoms with Crippen molar-refractivity contribution in [2.24, 2.45) is 13.0 Å². The summed E-state index contributed by atoms with van der Waals surface area (Å²) in [4.78, 5) is 26.0. The van der Waals surface area contributed by atoms with Gasteiger partial charge in [0, 0.05) is 32.4 Å². The van der Waals surface area contributed by atoms with Crippen molar-refractivity contribution in [3.05, 3.63) is 42.4 Å². The molecule has 1 saturated heterocycles. The van der Waals surface area contributed by atoms with E-state index in [1.165, 1.54) is 5.56 Å². The third-order valence-corrected chi connectivity index (χ3v) is 5.50. The number of amides is 1. The van der Waals surface area contributed by atoms with Crippen LogP contribution in [-0.4, -0.2) is 45.3 Å². The Bertz CT molecular complexity index is 997. The first-order valence-electron chi connectivity index (χ1n) is 8.99. The Labute approximate surface area is 151 Å². The van der Waals surface area contributed by atoms with Gasteiger partial charge in [-0.3, -0.25) is 9.48 Å². The second-order valence-electron chi connectivity index (χ2n) is 7.00. The summed E-state index contributed by atoms with van der Waals surface area (Å²) in [6, 6.07) is 8.21. The molecule has 26 heavy (non-hydrogen) atoms. The van der Waals surface area contributed by atoms with Crippen molar-refractivity contribution in [1.82, 2.24) is 19.7 Å². The van der Waals surface area contributed by atoms with E-state index in [2.05, 4.69) is 32.1 Å². The molecule has 0 spiro atoms. The Balaban J connectivity index is 1.38. The molecule has 5 rings (SSSR count). The summed E-state index contributed by atoms with van der Waals surface area (Å²) >= 11 is 0. The van der Waals surface area contributed by atoms with E-state index in [-0.39, 0.29) is 11.8 Å². The van der Waals surface area contributed by atoms with Gasteiger partial charge in [0.05, 0.1) is 17.5 Å². The number of hydrogen-bond donors (Lipinski definition) is 0. The van der Waals surface area contributed by atoms with Crippen LogP contribution in [0.3, 0.4) is 0 Å². The quantitative estimate of drug-likeness (QED) is 0.706. The van der Waals surface area contributed by atoms with Gasteiger partial charge in [-0.2, -0.15) is 5.10 Å². The monoisotopic (exact) mass is 348 g/mol. The Morgan fingerprint density at radius 1 is 1.19 bits per heavy atom. The van der Waals surface area contributed by atoms with Crippen LogP contribution in [0.15, 0.2) is 36.8 Å². The molecule has 0 radical (unpaired) electrons. The normalized spacial score (nSPS) is 19.3. The Morgan fingerprint density at radius 3 is 3.00 bits per heavy atom. The minimum atomic E-state index is 0.00263. The highest BCUT2D eigenvalue weighted by Crippen LogP contribution is 2.32. The van der Waals surface area contributed by atoms with Gasteiger partial charge in [-0.25, -0.2) is 9.97 Å². The van der Waals surface area contributed by atoms with Gasteiger partial charge in [0.1, 0.15) is 12.1 Å². The van der Waals surface area contributed by atoms with Crippen molar-refractivity contribution < 1.29 is 4.79 Å². The SMILES string of the molecule is Cn1ncc2c(N3CCC(C(=O)N4CCc5ccccc54)C3)ncnc21. The van der Waals surface area contributed by atoms with Gasteiger partial charge in [-0.05, 0) is 24.5 Å². The van der Waals surface area contributed by atoms with Gasteiger partial charge < -0.3 is 9.80 Å². The van der Waals surface area contributed by atoms with E-state index in [1.54, 1.807) is 17.2 Å². The summed E-state index contributed by atoms with van der Waals surface area (Å²) in [5, 5.41) is 5.22. The fourth-order valence-electron chi connectivity index (χ4n) is 4.14. The lowest BCUT2D eigenvalue weighted by molar-refractivity contribution is -0.121. The second-order valence-corrected chi connectivity index (χ2v) is 7.00. The van der Waals surface area contributed by atoms with Gasteiger partial charge in [-0.1, -0.05) is 18.2 Å². The minimum absolute atomic E-state index is 0.00263. The van der Waals surface area contributed by atoms with Crippen molar-refractivity contribution in [2.45, 2.75) is 12.8 Å². The van der Waals surface area contributed by atoms with Crippen LogP contribution in [0.2, 0.25) is 0 Å². The van der Waals surface area contributed by atoms with E-state index >= 15 is 0 Å². The van der Waals surface area contributed by atoms with E-state index in [0.717, 1.165) is 48.5 Å². The van der Waals surface area contributed by atoms with Crippen LogP contribution in [0.1, 0.15) is 12.0 Å². The van der Waals surface area contributed by atoms with Crippen molar-refractivity contribution >= 4 is 28.4 Å². The van der Waals surface area contributed by atoms with Gasteiger partial charge in [-0.15, -0.1) is 0 Å². The van der Waals surface area contributed by atoms with Crippen molar-refractivity contribution in [2.75, 3.05) is 29.4 Å². The number of carbonyl (C=O) groups is 1. The molecule has 7 nitrogen and oxygen atoms in total. The zero-order valence-corrected chi connectivity index (χ0v) is 14.7. The predicted octanol–water partition coefficient (Wildman–Crippen LogP) is 1.78. The number of aryl methyl sites for hydroxylation is 1. The molecule has 132 valence electrons. The number of benzene rings is 1. The summed E-state index contributed by atoms with van der Waals surface area (Å²) in [7, 11) is 1.88. The Morgan fingerprint density at radius 2 is 2.08 bits per heavy atom.